The van der Waals surface area contributed by atoms with Crippen molar-refractivity contribution in [3.05, 3.63) is 17.5 Å². The first-order chi connectivity index (χ1) is 9.90. The average Bonchev–Trinajstić information content (AvgIpc) is 2.79. The van der Waals surface area contributed by atoms with E-state index in [4.69, 9.17) is 0 Å². The van der Waals surface area contributed by atoms with Crippen LogP contribution in [-0.4, -0.2) is 16.3 Å². The fourth-order valence-electron chi connectivity index (χ4n) is 3.67. The summed E-state index contributed by atoms with van der Waals surface area (Å²) in [7, 11) is 2.01. The molecule has 1 heterocycles. The molecule has 3 nitrogen and oxygen atoms in total. The third-order valence-corrected chi connectivity index (χ3v) is 5.15. The lowest BCUT2D eigenvalue weighted by Gasteiger charge is -2.37. The van der Waals surface area contributed by atoms with Gasteiger partial charge in [-0.1, -0.05) is 27.7 Å². The Bertz CT molecular complexity index is 434. The zero-order chi connectivity index (χ0) is 15.5. The summed E-state index contributed by atoms with van der Waals surface area (Å²) in [6, 6.07) is 0. The normalized spacial score (nSPS) is 23.5. The summed E-state index contributed by atoms with van der Waals surface area (Å²) in [5.41, 5.74) is 3.09. The van der Waals surface area contributed by atoms with Crippen molar-refractivity contribution < 1.29 is 0 Å². The first kappa shape index (κ1) is 16.5. The van der Waals surface area contributed by atoms with Gasteiger partial charge in [0.1, 0.15) is 0 Å². The van der Waals surface area contributed by atoms with E-state index in [0.717, 1.165) is 31.3 Å². The zero-order valence-corrected chi connectivity index (χ0v) is 14.6. The molecule has 21 heavy (non-hydrogen) atoms. The summed E-state index contributed by atoms with van der Waals surface area (Å²) in [6.07, 6.45) is 8.77. The Hall–Kier alpha value is -0.830. The highest BCUT2D eigenvalue weighted by atomic mass is 15.3. The molecule has 0 unspecified atom stereocenters. The number of hydrogen-bond donors (Lipinski definition) is 1. The third kappa shape index (κ3) is 4.57. The van der Waals surface area contributed by atoms with Gasteiger partial charge >= 0.3 is 0 Å². The quantitative estimate of drug-likeness (QED) is 0.891. The Morgan fingerprint density at radius 3 is 2.48 bits per heavy atom. The second-order valence-electron chi connectivity index (χ2n) is 7.84. The van der Waals surface area contributed by atoms with Gasteiger partial charge in [-0.25, -0.2) is 0 Å². The van der Waals surface area contributed by atoms with Crippen molar-refractivity contribution in [2.24, 2.45) is 24.3 Å². The van der Waals surface area contributed by atoms with Gasteiger partial charge in [0.05, 0.1) is 5.69 Å². The van der Waals surface area contributed by atoms with Crippen LogP contribution in [0.5, 0.6) is 0 Å². The largest absolute Gasteiger partial charge is 0.312 e. The van der Waals surface area contributed by atoms with E-state index < -0.39 is 0 Å². The highest BCUT2D eigenvalue weighted by Gasteiger charge is 2.29. The molecule has 0 amide bonds. The molecule has 2 rings (SSSR count). The molecule has 3 heteroatoms. The molecule has 1 fully saturated rings. The van der Waals surface area contributed by atoms with E-state index in [1.54, 1.807) is 0 Å². The summed E-state index contributed by atoms with van der Waals surface area (Å²) >= 11 is 0. The van der Waals surface area contributed by atoms with Gasteiger partial charge in [0.2, 0.25) is 0 Å². The van der Waals surface area contributed by atoms with E-state index in [9.17, 15) is 0 Å². The lowest BCUT2D eigenvalue weighted by Crippen LogP contribution is -2.30. The molecule has 1 aliphatic rings. The Morgan fingerprint density at radius 2 is 1.90 bits per heavy atom. The number of rotatable bonds is 5. The zero-order valence-electron chi connectivity index (χ0n) is 14.6. The van der Waals surface area contributed by atoms with Crippen molar-refractivity contribution >= 4 is 0 Å². The molecular weight excluding hydrogens is 258 g/mol. The van der Waals surface area contributed by atoms with E-state index in [-0.39, 0.29) is 0 Å². The van der Waals surface area contributed by atoms with Crippen LogP contribution >= 0.6 is 0 Å². The van der Waals surface area contributed by atoms with Crippen molar-refractivity contribution in [1.82, 2.24) is 15.1 Å². The second kappa shape index (κ2) is 6.95. The molecule has 0 bridgehead atoms. The van der Waals surface area contributed by atoms with E-state index in [1.165, 1.54) is 36.9 Å². The monoisotopic (exact) mass is 291 g/mol. The number of nitrogens with zero attached hydrogens (tertiary/aromatic N) is 2. The van der Waals surface area contributed by atoms with Gasteiger partial charge in [-0.15, -0.1) is 0 Å². The van der Waals surface area contributed by atoms with Crippen molar-refractivity contribution in [2.75, 3.05) is 6.54 Å². The third-order valence-electron chi connectivity index (χ3n) is 5.15. The molecule has 0 atom stereocenters. The second-order valence-corrected chi connectivity index (χ2v) is 7.84. The summed E-state index contributed by atoms with van der Waals surface area (Å²) in [5.74, 6) is 1.78. The van der Waals surface area contributed by atoms with E-state index >= 15 is 0 Å². The van der Waals surface area contributed by atoms with Crippen LogP contribution in [0.1, 0.15) is 64.6 Å². The molecule has 120 valence electrons. The lowest BCUT2D eigenvalue weighted by molar-refractivity contribution is 0.149. The molecule has 1 N–H and O–H groups in total. The van der Waals surface area contributed by atoms with Crippen LogP contribution in [-0.2, 0) is 20.0 Å². The fraction of sp³-hybridized carbons (Fsp3) is 0.833. The SMILES string of the molecule is CCc1nn(C)cc1CNCC1CCC(C(C)(C)C)CC1. The van der Waals surface area contributed by atoms with Crippen molar-refractivity contribution in [3.63, 3.8) is 0 Å². The summed E-state index contributed by atoms with van der Waals surface area (Å²) in [6.45, 7) is 11.5. The van der Waals surface area contributed by atoms with E-state index in [2.05, 4.69) is 44.3 Å². The van der Waals surface area contributed by atoms with Crippen LogP contribution in [0.25, 0.3) is 0 Å². The molecule has 0 saturated heterocycles. The molecule has 0 radical (unpaired) electrons. The van der Waals surface area contributed by atoms with Crippen LogP contribution in [0.2, 0.25) is 0 Å². The number of aromatic nitrogens is 2. The highest BCUT2D eigenvalue weighted by molar-refractivity contribution is 5.16. The van der Waals surface area contributed by atoms with E-state index in [0.29, 0.717) is 5.41 Å². The molecule has 1 aliphatic carbocycles. The highest BCUT2D eigenvalue weighted by Crippen LogP contribution is 2.39. The van der Waals surface area contributed by atoms with Crippen LogP contribution < -0.4 is 5.32 Å². The van der Waals surface area contributed by atoms with Gasteiger partial charge in [0.25, 0.3) is 0 Å². The van der Waals surface area contributed by atoms with Crippen LogP contribution in [0.4, 0.5) is 0 Å². The Labute approximate surface area is 130 Å². The Morgan fingerprint density at radius 1 is 1.24 bits per heavy atom. The van der Waals surface area contributed by atoms with Gasteiger partial charge in [0, 0.05) is 25.4 Å². The standard InChI is InChI=1S/C18H33N3/c1-6-17-15(13-21(5)20-17)12-19-11-14-7-9-16(10-8-14)18(2,3)4/h13-14,16,19H,6-12H2,1-5H3. The predicted molar refractivity (Wildman–Crippen MR) is 89.2 cm³/mol. The average molecular weight is 291 g/mol. The van der Waals surface area contributed by atoms with Crippen LogP contribution in [0.15, 0.2) is 6.20 Å². The topological polar surface area (TPSA) is 29.9 Å². The number of nitrogens with one attached hydrogen (secondary N) is 1. The molecule has 0 aliphatic heterocycles. The summed E-state index contributed by atoms with van der Waals surface area (Å²) in [4.78, 5) is 0. The number of aryl methyl sites for hydroxylation is 2. The smallest absolute Gasteiger partial charge is 0.0666 e. The van der Waals surface area contributed by atoms with Crippen molar-refractivity contribution in [3.8, 4) is 0 Å². The Balaban J connectivity index is 1.73. The minimum absolute atomic E-state index is 0.490. The Kier molecular flexibility index (Phi) is 5.48. The minimum Gasteiger partial charge on any atom is -0.312 e. The van der Waals surface area contributed by atoms with Crippen molar-refractivity contribution in [2.45, 2.75) is 66.3 Å². The maximum atomic E-state index is 4.51. The predicted octanol–water partition coefficient (Wildman–Crippen LogP) is 3.92. The van der Waals surface area contributed by atoms with Gasteiger partial charge in [-0.2, -0.15) is 5.10 Å². The van der Waals surface area contributed by atoms with Crippen LogP contribution in [0, 0.1) is 17.3 Å². The first-order valence-corrected chi connectivity index (χ1v) is 8.62. The van der Waals surface area contributed by atoms with Crippen molar-refractivity contribution in [1.29, 1.82) is 0 Å². The van der Waals surface area contributed by atoms with E-state index in [1.807, 2.05) is 11.7 Å². The maximum Gasteiger partial charge on any atom is 0.0666 e. The molecule has 0 spiro atoms. The van der Waals surface area contributed by atoms with Crippen LogP contribution in [0.3, 0.4) is 0 Å². The van der Waals surface area contributed by atoms with Gasteiger partial charge in [-0.05, 0) is 55.9 Å². The molecule has 1 aromatic rings. The molecule has 1 saturated carbocycles. The van der Waals surface area contributed by atoms with Gasteiger partial charge in [0.15, 0.2) is 0 Å². The number of hydrogen-bond acceptors (Lipinski definition) is 2. The minimum atomic E-state index is 0.490. The molecular formula is C18H33N3. The summed E-state index contributed by atoms with van der Waals surface area (Å²) < 4.78 is 1.93. The summed E-state index contributed by atoms with van der Waals surface area (Å²) in [5, 5.41) is 8.17. The van der Waals surface area contributed by atoms with Gasteiger partial charge in [-0.3, -0.25) is 4.68 Å². The lowest BCUT2D eigenvalue weighted by atomic mass is 9.70. The van der Waals surface area contributed by atoms with Gasteiger partial charge < -0.3 is 5.32 Å². The maximum absolute atomic E-state index is 4.51. The molecule has 0 aromatic carbocycles. The fourth-order valence-corrected chi connectivity index (χ4v) is 3.67. The molecule has 1 aromatic heterocycles. The first-order valence-electron chi connectivity index (χ1n) is 8.62.